The summed E-state index contributed by atoms with van der Waals surface area (Å²) >= 11 is 9.56. The molecule has 0 saturated heterocycles. The van der Waals surface area contributed by atoms with E-state index in [-0.39, 0.29) is 5.54 Å². The molecular formula is C16H22BrClN2. The molecule has 0 amide bonds. The van der Waals surface area contributed by atoms with Crippen LogP contribution in [-0.2, 0) is 12.0 Å². The normalized spacial score (nSPS) is 12.2. The summed E-state index contributed by atoms with van der Waals surface area (Å²) in [4.78, 5) is 4.81. The minimum atomic E-state index is 0.136. The Morgan fingerprint density at radius 1 is 1.20 bits per heavy atom. The number of hydrogen-bond acceptors (Lipinski definition) is 1. The van der Waals surface area contributed by atoms with Crippen LogP contribution in [-0.4, -0.2) is 15.4 Å². The fourth-order valence-corrected chi connectivity index (χ4v) is 3.62. The third-order valence-electron chi connectivity index (χ3n) is 4.45. The van der Waals surface area contributed by atoms with Crippen molar-refractivity contribution in [2.45, 2.75) is 52.0 Å². The Morgan fingerprint density at radius 3 is 2.40 bits per heavy atom. The number of hydrogen-bond donors (Lipinski definition) is 0. The molecule has 0 unspecified atom stereocenters. The predicted octanol–water partition coefficient (Wildman–Crippen LogP) is 5.51. The zero-order chi connectivity index (χ0) is 14.8. The van der Waals surface area contributed by atoms with Gasteiger partial charge in [0.1, 0.15) is 5.82 Å². The lowest BCUT2D eigenvalue weighted by atomic mass is 9.89. The van der Waals surface area contributed by atoms with Crippen molar-refractivity contribution in [2.75, 3.05) is 5.88 Å². The SMILES string of the molecule is CCC(CC)(CC)n1c(CCCl)nc2ccc(Br)cc21. The number of alkyl halides is 1. The molecule has 2 nitrogen and oxygen atoms in total. The number of rotatable bonds is 6. The average molecular weight is 358 g/mol. The van der Waals surface area contributed by atoms with E-state index in [1.54, 1.807) is 0 Å². The van der Waals surface area contributed by atoms with E-state index in [1.807, 2.05) is 0 Å². The third-order valence-corrected chi connectivity index (χ3v) is 5.14. The molecule has 0 radical (unpaired) electrons. The van der Waals surface area contributed by atoms with E-state index in [2.05, 4.69) is 59.5 Å². The zero-order valence-corrected chi connectivity index (χ0v) is 14.8. The second-order valence-electron chi connectivity index (χ2n) is 5.22. The van der Waals surface area contributed by atoms with Crippen LogP contribution in [0.3, 0.4) is 0 Å². The highest BCUT2D eigenvalue weighted by Crippen LogP contribution is 2.35. The fourth-order valence-electron chi connectivity index (χ4n) is 3.10. The summed E-state index contributed by atoms with van der Waals surface area (Å²) in [6.07, 6.45) is 4.13. The van der Waals surface area contributed by atoms with E-state index in [1.165, 1.54) is 5.52 Å². The lowest BCUT2D eigenvalue weighted by Crippen LogP contribution is -2.33. The molecule has 2 aromatic rings. The van der Waals surface area contributed by atoms with E-state index in [0.29, 0.717) is 5.88 Å². The molecule has 1 heterocycles. The lowest BCUT2D eigenvalue weighted by Gasteiger charge is -2.34. The summed E-state index contributed by atoms with van der Waals surface area (Å²) in [6.45, 7) is 6.80. The Labute approximate surface area is 134 Å². The standard InChI is InChI=1S/C16H22BrClN2/c1-4-16(5-2,6-3)20-14-11-12(17)7-8-13(14)19-15(20)9-10-18/h7-8,11H,4-6,9-10H2,1-3H3. The minimum absolute atomic E-state index is 0.136. The highest BCUT2D eigenvalue weighted by atomic mass is 79.9. The Morgan fingerprint density at radius 2 is 1.85 bits per heavy atom. The number of imidazole rings is 1. The smallest absolute Gasteiger partial charge is 0.111 e. The van der Waals surface area contributed by atoms with E-state index < -0.39 is 0 Å². The van der Waals surface area contributed by atoms with E-state index in [0.717, 1.165) is 41.5 Å². The van der Waals surface area contributed by atoms with Gasteiger partial charge in [-0.05, 0) is 37.5 Å². The Bertz CT molecular complexity index is 579. The van der Waals surface area contributed by atoms with Gasteiger partial charge in [-0.2, -0.15) is 0 Å². The number of nitrogens with zero attached hydrogens (tertiary/aromatic N) is 2. The van der Waals surface area contributed by atoms with Gasteiger partial charge in [-0.25, -0.2) is 4.98 Å². The van der Waals surface area contributed by atoms with Gasteiger partial charge >= 0.3 is 0 Å². The van der Waals surface area contributed by atoms with Gasteiger partial charge in [-0.15, -0.1) is 11.6 Å². The van der Waals surface area contributed by atoms with Crippen LogP contribution >= 0.6 is 27.5 Å². The Balaban J connectivity index is 2.75. The first-order valence-electron chi connectivity index (χ1n) is 7.35. The zero-order valence-electron chi connectivity index (χ0n) is 12.4. The molecule has 2 rings (SSSR count). The van der Waals surface area contributed by atoms with Gasteiger partial charge in [0.25, 0.3) is 0 Å². The molecule has 0 fully saturated rings. The van der Waals surface area contributed by atoms with Crippen LogP contribution in [0.5, 0.6) is 0 Å². The fraction of sp³-hybridized carbons (Fsp3) is 0.562. The summed E-state index contributed by atoms with van der Waals surface area (Å²) in [6, 6.07) is 6.31. The van der Waals surface area contributed by atoms with Crippen LogP contribution in [0.15, 0.2) is 22.7 Å². The van der Waals surface area contributed by atoms with Crippen molar-refractivity contribution >= 4 is 38.6 Å². The number of fused-ring (bicyclic) bond motifs is 1. The molecule has 110 valence electrons. The van der Waals surface area contributed by atoms with Crippen molar-refractivity contribution < 1.29 is 0 Å². The molecule has 1 aromatic carbocycles. The average Bonchev–Trinajstić information content (AvgIpc) is 2.81. The largest absolute Gasteiger partial charge is 0.322 e. The van der Waals surface area contributed by atoms with Crippen LogP contribution in [0, 0.1) is 0 Å². The number of benzene rings is 1. The molecule has 0 atom stereocenters. The second kappa shape index (κ2) is 6.48. The molecule has 4 heteroatoms. The first-order chi connectivity index (χ1) is 9.61. The van der Waals surface area contributed by atoms with E-state index in [4.69, 9.17) is 16.6 Å². The second-order valence-corrected chi connectivity index (χ2v) is 6.51. The van der Waals surface area contributed by atoms with Gasteiger partial charge < -0.3 is 4.57 Å². The Kier molecular flexibility index (Phi) is 5.14. The molecule has 0 N–H and O–H groups in total. The lowest BCUT2D eigenvalue weighted by molar-refractivity contribution is 0.251. The highest BCUT2D eigenvalue weighted by Gasteiger charge is 2.30. The van der Waals surface area contributed by atoms with Crippen molar-refractivity contribution in [3.63, 3.8) is 0 Å². The number of aryl methyl sites for hydroxylation is 1. The van der Waals surface area contributed by atoms with E-state index >= 15 is 0 Å². The van der Waals surface area contributed by atoms with Gasteiger partial charge in [0.05, 0.1) is 11.0 Å². The summed E-state index contributed by atoms with van der Waals surface area (Å²) in [7, 11) is 0. The van der Waals surface area contributed by atoms with Gasteiger partial charge in [0.2, 0.25) is 0 Å². The first-order valence-corrected chi connectivity index (χ1v) is 8.68. The van der Waals surface area contributed by atoms with Crippen molar-refractivity contribution in [1.82, 2.24) is 9.55 Å². The molecule has 0 spiro atoms. The van der Waals surface area contributed by atoms with Crippen LogP contribution in [0.1, 0.15) is 45.9 Å². The van der Waals surface area contributed by atoms with Crippen molar-refractivity contribution in [3.05, 3.63) is 28.5 Å². The predicted molar refractivity (Wildman–Crippen MR) is 90.7 cm³/mol. The van der Waals surface area contributed by atoms with Crippen molar-refractivity contribution in [2.24, 2.45) is 0 Å². The number of aromatic nitrogens is 2. The maximum Gasteiger partial charge on any atom is 0.111 e. The van der Waals surface area contributed by atoms with Gasteiger partial charge in [-0.1, -0.05) is 36.7 Å². The van der Waals surface area contributed by atoms with Crippen molar-refractivity contribution in [3.8, 4) is 0 Å². The van der Waals surface area contributed by atoms with Crippen LogP contribution in [0.25, 0.3) is 11.0 Å². The molecule has 20 heavy (non-hydrogen) atoms. The summed E-state index contributed by atoms with van der Waals surface area (Å²) in [5.41, 5.74) is 2.41. The number of halogens is 2. The van der Waals surface area contributed by atoms with Crippen molar-refractivity contribution in [1.29, 1.82) is 0 Å². The molecular weight excluding hydrogens is 336 g/mol. The molecule has 0 aliphatic heterocycles. The van der Waals surface area contributed by atoms with Gasteiger partial charge in [0.15, 0.2) is 0 Å². The maximum atomic E-state index is 5.98. The topological polar surface area (TPSA) is 17.8 Å². The van der Waals surface area contributed by atoms with Gasteiger partial charge in [0, 0.05) is 22.3 Å². The third kappa shape index (κ3) is 2.62. The molecule has 0 saturated carbocycles. The molecule has 1 aromatic heterocycles. The first kappa shape index (κ1) is 15.8. The monoisotopic (exact) mass is 356 g/mol. The molecule has 0 aliphatic carbocycles. The molecule has 0 bridgehead atoms. The van der Waals surface area contributed by atoms with Crippen LogP contribution in [0.4, 0.5) is 0 Å². The summed E-state index contributed by atoms with van der Waals surface area (Å²) in [5, 5.41) is 0. The summed E-state index contributed by atoms with van der Waals surface area (Å²) < 4.78 is 3.54. The van der Waals surface area contributed by atoms with Crippen LogP contribution < -0.4 is 0 Å². The highest BCUT2D eigenvalue weighted by molar-refractivity contribution is 9.10. The maximum absolute atomic E-state index is 5.98. The molecule has 0 aliphatic rings. The van der Waals surface area contributed by atoms with Crippen LogP contribution in [0.2, 0.25) is 0 Å². The minimum Gasteiger partial charge on any atom is -0.322 e. The van der Waals surface area contributed by atoms with E-state index in [9.17, 15) is 0 Å². The summed E-state index contributed by atoms with van der Waals surface area (Å²) in [5.74, 6) is 1.72. The van der Waals surface area contributed by atoms with Gasteiger partial charge in [-0.3, -0.25) is 0 Å². The Hall–Kier alpha value is -0.540. The quantitative estimate of drug-likeness (QED) is 0.624.